The van der Waals surface area contributed by atoms with Gasteiger partial charge in [0.25, 0.3) is 0 Å². The first kappa shape index (κ1) is 17.9. The van der Waals surface area contributed by atoms with Crippen LogP contribution in [0.5, 0.6) is 0 Å². The molecular weight excluding hydrogens is 330 g/mol. The molecule has 0 aliphatic carbocycles. The Balaban J connectivity index is 1.68. The van der Waals surface area contributed by atoms with Gasteiger partial charge in [-0.25, -0.2) is 4.98 Å². The van der Waals surface area contributed by atoms with Gasteiger partial charge >= 0.3 is 0 Å². The quantitative estimate of drug-likeness (QED) is 0.834. The second kappa shape index (κ2) is 7.56. The number of hydrogen-bond acceptors (Lipinski definition) is 4. The summed E-state index contributed by atoms with van der Waals surface area (Å²) in [5.41, 5.74) is 1.27. The van der Waals surface area contributed by atoms with Crippen molar-refractivity contribution in [2.45, 2.75) is 39.7 Å². The highest BCUT2D eigenvalue weighted by molar-refractivity contribution is 7.13. The number of nitrogens with zero attached hydrogens (tertiary/aromatic N) is 3. The standard InChI is InChI=1S/C20H27N3OS/c1-20(2,3)17-15-22(19-21-11-14-25-19)12-13-23(17)18(24)10-9-16-7-5-4-6-8-16/h4-8,11,14,17H,9-10,12-13,15H2,1-3H3. The summed E-state index contributed by atoms with van der Waals surface area (Å²) in [5, 5.41) is 3.07. The van der Waals surface area contributed by atoms with Crippen molar-refractivity contribution in [3.63, 3.8) is 0 Å². The van der Waals surface area contributed by atoms with Gasteiger partial charge in [0.1, 0.15) is 0 Å². The zero-order valence-electron chi connectivity index (χ0n) is 15.3. The Morgan fingerprint density at radius 3 is 2.64 bits per heavy atom. The molecule has 0 bridgehead atoms. The molecule has 1 amide bonds. The summed E-state index contributed by atoms with van der Waals surface area (Å²) in [6.45, 7) is 9.15. The number of piperazine rings is 1. The van der Waals surface area contributed by atoms with Gasteiger partial charge in [0.05, 0.1) is 6.04 Å². The molecule has 1 aromatic carbocycles. The molecule has 1 aliphatic rings. The summed E-state index contributed by atoms with van der Waals surface area (Å²) in [7, 11) is 0. The molecule has 0 spiro atoms. The maximum Gasteiger partial charge on any atom is 0.223 e. The third-order valence-corrected chi connectivity index (χ3v) is 5.69. The number of hydrogen-bond donors (Lipinski definition) is 0. The molecule has 1 atom stereocenters. The molecule has 0 radical (unpaired) electrons. The second-order valence-corrected chi connectivity index (χ2v) is 8.59. The van der Waals surface area contributed by atoms with Crippen LogP contribution in [-0.2, 0) is 11.2 Å². The number of carbonyl (C=O) groups is 1. The van der Waals surface area contributed by atoms with Gasteiger partial charge in [-0.2, -0.15) is 0 Å². The van der Waals surface area contributed by atoms with Gasteiger partial charge in [0.15, 0.2) is 5.13 Å². The summed E-state index contributed by atoms with van der Waals surface area (Å²) >= 11 is 1.67. The van der Waals surface area contributed by atoms with Gasteiger partial charge < -0.3 is 9.80 Å². The summed E-state index contributed by atoms with van der Waals surface area (Å²) in [6.07, 6.45) is 3.24. The van der Waals surface area contributed by atoms with Crippen molar-refractivity contribution in [2.75, 3.05) is 24.5 Å². The van der Waals surface area contributed by atoms with E-state index in [0.29, 0.717) is 6.42 Å². The fraction of sp³-hybridized carbons (Fsp3) is 0.500. The zero-order valence-corrected chi connectivity index (χ0v) is 16.1. The van der Waals surface area contributed by atoms with Gasteiger partial charge in [0, 0.05) is 37.6 Å². The van der Waals surface area contributed by atoms with Crippen LogP contribution in [0.15, 0.2) is 41.9 Å². The first-order valence-corrected chi connectivity index (χ1v) is 9.81. The lowest BCUT2D eigenvalue weighted by molar-refractivity contribution is -0.136. The maximum atomic E-state index is 12.9. The summed E-state index contributed by atoms with van der Waals surface area (Å²) in [5.74, 6) is 0.266. The number of rotatable bonds is 4. The third kappa shape index (κ3) is 4.40. The Bertz CT molecular complexity index is 679. The van der Waals surface area contributed by atoms with E-state index in [1.165, 1.54) is 5.56 Å². The monoisotopic (exact) mass is 357 g/mol. The minimum absolute atomic E-state index is 0.0400. The SMILES string of the molecule is CC(C)(C)C1CN(c2nccs2)CCN1C(=O)CCc1ccccc1. The van der Waals surface area contributed by atoms with Gasteiger partial charge in [0.2, 0.25) is 5.91 Å². The maximum absolute atomic E-state index is 12.9. The smallest absolute Gasteiger partial charge is 0.223 e. The number of thiazole rings is 1. The first-order chi connectivity index (χ1) is 11.9. The Kier molecular flexibility index (Phi) is 5.42. The van der Waals surface area contributed by atoms with Crippen LogP contribution >= 0.6 is 11.3 Å². The van der Waals surface area contributed by atoms with Crippen LogP contribution < -0.4 is 4.90 Å². The van der Waals surface area contributed by atoms with E-state index in [1.54, 1.807) is 11.3 Å². The summed E-state index contributed by atoms with van der Waals surface area (Å²) < 4.78 is 0. The first-order valence-electron chi connectivity index (χ1n) is 8.93. The summed E-state index contributed by atoms with van der Waals surface area (Å²) in [4.78, 5) is 21.8. The molecule has 2 aromatic rings. The fourth-order valence-electron chi connectivity index (χ4n) is 3.41. The fourth-order valence-corrected chi connectivity index (χ4v) is 4.09. The van der Waals surface area contributed by atoms with E-state index in [0.717, 1.165) is 31.2 Å². The highest BCUT2D eigenvalue weighted by Gasteiger charge is 2.38. The molecule has 5 heteroatoms. The van der Waals surface area contributed by atoms with E-state index in [9.17, 15) is 4.79 Å². The van der Waals surface area contributed by atoms with Gasteiger partial charge in [-0.3, -0.25) is 4.79 Å². The predicted molar refractivity (Wildman–Crippen MR) is 104 cm³/mol. The molecule has 1 fully saturated rings. The highest BCUT2D eigenvalue weighted by Crippen LogP contribution is 2.31. The van der Waals surface area contributed by atoms with Crippen molar-refractivity contribution in [2.24, 2.45) is 5.41 Å². The number of aryl methyl sites for hydroxylation is 1. The molecule has 134 valence electrons. The minimum Gasteiger partial charge on any atom is -0.344 e. The lowest BCUT2D eigenvalue weighted by Gasteiger charge is -2.47. The number of benzene rings is 1. The Morgan fingerprint density at radius 1 is 1.24 bits per heavy atom. The predicted octanol–water partition coefficient (Wildman–Crippen LogP) is 3.84. The zero-order chi connectivity index (χ0) is 17.9. The molecule has 0 N–H and O–H groups in total. The Labute approximate surface area is 154 Å². The van der Waals surface area contributed by atoms with Crippen LogP contribution in [0.2, 0.25) is 0 Å². The largest absolute Gasteiger partial charge is 0.344 e. The van der Waals surface area contributed by atoms with Crippen molar-refractivity contribution < 1.29 is 4.79 Å². The molecule has 1 unspecified atom stereocenters. The van der Waals surface area contributed by atoms with E-state index < -0.39 is 0 Å². The molecule has 1 aliphatic heterocycles. The second-order valence-electron chi connectivity index (χ2n) is 7.72. The van der Waals surface area contributed by atoms with Crippen molar-refractivity contribution in [3.8, 4) is 0 Å². The Hall–Kier alpha value is -1.88. The van der Waals surface area contributed by atoms with E-state index in [2.05, 4.69) is 47.7 Å². The van der Waals surface area contributed by atoms with Gasteiger partial charge in [-0.15, -0.1) is 11.3 Å². The van der Waals surface area contributed by atoms with E-state index in [-0.39, 0.29) is 17.4 Å². The van der Waals surface area contributed by atoms with Crippen LogP contribution in [0.4, 0.5) is 5.13 Å². The van der Waals surface area contributed by atoms with Crippen LogP contribution in [0.25, 0.3) is 0 Å². The highest BCUT2D eigenvalue weighted by atomic mass is 32.1. The summed E-state index contributed by atoms with van der Waals surface area (Å²) in [6, 6.07) is 10.5. The number of aromatic nitrogens is 1. The van der Waals surface area contributed by atoms with Crippen LogP contribution in [0, 0.1) is 5.41 Å². The Morgan fingerprint density at radius 2 is 2.00 bits per heavy atom. The lowest BCUT2D eigenvalue weighted by Crippen LogP contribution is -2.59. The topological polar surface area (TPSA) is 36.4 Å². The van der Waals surface area contributed by atoms with Crippen molar-refractivity contribution >= 4 is 22.4 Å². The number of carbonyl (C=O) groups excluding carboxylic acids is 1. The molecule has 1 saturated heterocycles. The third-order valence-electron chi connectivity index (χ3n) is 4.86. The minimum atomic E-state index is 0.0400. The van der Waals surface area contributed by atoms with Crippen LogP contribution in [-0.4, -0.2) is 41.5 Å². The van der Waals surface area contributed by atoms with Gasteiger partial charge in [-0.05, 0) is 17.4 Å². The van der Waals surface area contributed by atoms with Crippen molar-refractivity contribution in [1.29, 1.82) is 0 Å². The average molecular weight is 358 g/mol. The van der Waals surface area contributed by atoms with E-state index in [1.807, 2.05) is 29.8 Å². The normalized spacial score (nSPS) is 18.4. The van der Waals surface area contributed by atoms with E-state index >= 15 is 0 Å². The van der Waals surface area contributed by atoms with Gasteiger partial charge in [-0.1, -0.05) is 51.1 Å². The number of anilines is 1. The number of amides is 1. The van der Waals surface area contributed by atoms with Crippen LogP contribution in [0.3, 0.4) is 0 Å². The van der Waals surface area contributed by atoms with Crippen molar-refractivity contribution in [3.05, 3.63) is 47.5 Å². The van der Waals surface area contributed by atoms with Crippen LogP contribution in [0.1, 0.15) is 32.8 Å². The molecule has 3 rings (SSSR count). The molecule has 0 saturated carbocycles. The average Bonchev–Trinajstić information content (AvgIpc) is 3.14. The molecule has 25 heavy (non-hydrogen) atoms. The lowest BCUT2D eigenvalue weighted by atomic mass is 9.84. The van der Waals surface area contributed by atoms with E-state index in [4.69, 9.17) is 0 Å². The molecule has 1 aromatic heterocycles. The van der Waals surface area contributed by atoms with Crippen molar-refractivity contribution in [1.82, 2.24) is 9.88 Å². The molecule has 4 nitrogen and oxygen atoms in total. The molecular formula is C20H27N3OS. The molecule has 2 heterocycles.